The number of piperidine rings is 1. The van der Waals surface area contributed by atoms with Crippen LogP contribution in [0.15, 0.2) is 18.3 Å². The Kier molecular flexibility index (Phi) is 2.94. The summed E-state index contributed by atoms with van der Waals surface area (Å²) >= 11 is 0. The third-order valence-electron chi connectivity index (χ3n) is 4.69. The van der Waals surface area contributed by atoms with E-state index in [-0.39, 0.29) is 0 Å². The predicted molar refractivity (Wildman–Crippen MR) is 79.8 cm³/mol. The number of pyridine rings is 1. The van der Waals surface area contributed by atoms with Gasteiger partial charge in [-0.15, -0.1) is 0 Å². The van der Waals surface area contributed by atoms with Crippen LogP contribution in [0.3, 0.4) is 0 Å². The summed E-state index contributed by atoms with van der Waals surface area (Å²) in [5.41, 5.74) is 1.94. The SMILES string of the molecule is Cc1nc2cccnc2n1C1CCN(C(=O)C2CC2)CC1. The maximum absolute atomic E-state index is 12.1. The van der Waals surface area contributed by atoms with Gasteiger partial charge in [0.25, 0.3) is 0 Å². The number of carbonyl (C=O) groups excluding carboxylic acids is 1. The quantitative estimate of drug-likeness (QED) is 0.850. The lowest BCUT2D eigenvalue weighted by Crippen LogP contribution is -2.40. The fraction of sp³-hybridized carbons (Fsp3) is 0.562. The van der Waals surface area contributed by atoms with Crippen LogP contribution in [0, 0.1) is 12.8 Å². The third-order valence-corrected chi connectivity index (χ3v) is 4.69. The van der Waals surface area contributed by atoms with E-state index in [1.54, 1.807) is 0 Å². The molecule has 0 aromatic carbocycles. The molecule has 1 saturated heterocycles. The number of fused-ring (bicyclic) bond motifs is 1. The Morgan fingerprint density at radius 3 is 2.71 bits per heavy atom. The third kappa shape index (κ3) is 2.20. The van der Waals surface area contributed by atoms with Crippen molar-refractivity contribution < 1.29 is 4.79 Å². The minimum atomic E-state index is 0.332. The summed E-state index contributed by atoms with van der Waals surface area (Å²) < 4.78 is 2.26. The molecule has 1 aliphatic heterocycles. The van der Waals surface area contributed by atoms with Gasteiger partial charge in [0.15, 0.2) is 5.65 Å². The van der Waals surface area contributed by atoms with Crippen molar-refractivity contribution in [1.82, 2.24) is 19.4 Å². The monoisotopic (exact) mass is 284 g/mol. The van der Waals surface area contributed by atoms with E-state index in [4.69, 9.17) is 0 Å². The summed E-state index contributed by atoms with van der Waals surface area (Å²) in [6.07, 6.45) is 6.01. The topological polar surface area (TPSA) is 51.0 Å². The van der Waals surface area contributed by atoms with Gasteiger partial charge in [-0.3, -0.25) is 4.79 Å². The van der Waals surface area contributed by atoms with Crippen molar-refractivity contribution in [1.29, 1.82) is 0 Å². The number of carbonyl (C=O) groups is 1. The van der Waals surface area contributed by atoms with Crippen molar-refractivity contribution in [2.75, 3.05) is 13.1 Å². The predicted octanol–water partition coefficient (Wildman–Crippen LogP) is 2.31. The van der Waals surface area contributed by atoms with Crippen LogP contribution >= 0.6 is 0 Å². The van der Waals surface area contributed by atoms with E-state index in [9.17, 15) is 4.79 Å². The molecular weight excluding hydrogens is 264 g/mol. The summed E-state index contributed by atoms with van der Waals surface area (Å²) in [4.78, 5) is 23.3. The average Bonchev–Trinajstić information content (AvgIpc) is 3.29. The number of aryl methyl sites for hydroxylation is 1. The van der Waals surface area contributed by atoms with Crippen molar-refractivity contribution in [3.05, 3.63) is 24.2 Å². The molecule has 0 atom stereocenters. The Labute approximate surface area is 124 Å². The molecule has 0 unspecified atom stereocenters. The standard InChI is InChI=1S/C16H20N4O/c1-11-18-14-3-2-8-17-15(14)20(11)13-6-9-19(10-7-13)16(21)12-4-5-12/h2-3,8,12-13H,4-7,9-10H2,1H3. The fourth-order valence-corrected chi connectivity index (χ4v) is 3.41. The Hall–Kier alpha value is -1.91. The molecule has 2 aliphatic rings. The second-order valence-electron chi connectivity index (χ2n) is 6.21. The lowest BCUT2D eigenvalue weighted by molar-refractivity contribution is -0.133. The van der Waals surface area contributed by atoms with E-state index in [1.807, 2.05) is 25.3 Å². The largest absolute Gasteiger partial charge is 0.342 e. The van der Waals surface area contributed by atoms with E-state index >= 15 is 0 Å². The van der Waals surface area contributed by atoms with Crippen molar-refractivity contribution >= 4 is 17.1 Å². The summed E-state index contributed by atoms with van der Waals surface area (Å²) in [7, 11) is 0. The Morgan fingerprint density at radius 2 is 2.00 bits per heavy atom. The molecule has 21 heavy (non-hydrogen) atoms. The Balaban J connectivity index is 1.54. The van der Waals surface area contributed by atoms with Gasteiger partial charge in [-0.25, -0.2) is 9.97 Å². The molecule has 110 valence electrons. The first kappa shape index (κ1) is 12.8. The number of aromatic nitrogens is 3. The van der Waals surface area contributed by atoms with Crippen molar-refractivity contribution in [2.45, 2.75) is 38.6 Å². The molecule has 2 aromatic heterocycles. The van der Waals surface area contributed by atoms with Crippen LogP contribution in [0.25, 0.3) is 11.2 Å². The van der Waals surface area contributed by atoms with Gasteiger partial charge >= 0.3 is 0 Å². The van der Waals surface area contributed by atoms with Crippen LogP contribution in [-0.4, -0.2) is 38.4 Å². The second kappa shape index (κ2) is 4.83. The van der Waals surface area contributed by atoms with Gasteiger partial charge in [0, 0.05) is 31.2 Å². The molecule has 5 nitrogen and oxygen atoms in total. The first-order valence-corrected chi connectivity index (χ1v) is 7.82. The number of hydrogen-bond donors (Lipinski definition) is 0. The molecule has 0 radical (unpaired) electrons. The summed E-state index contributed by atoms with van der Waals surface area (Å²) in [5.74, 6) is 1.73. The van der Waals surface area contributed by atoms with E-state index < -0.39 is 0 Å². The zero-order valence-electron chi connectivity index (χ0n) is 12.3. The zero-order chi connectivity index (χ0) is 14.4. The van der Waals surface area contributed by atoms with Crippen LogP contribution in [0.5, 0.6) is 0 Å². The molecule has 5 heteroatoms. The van der Waals surface area contributed by atoms with E-state index in [2.05, 4.69) is 19.4 Å². The first-order valence-electron chi connectivity index (χ1n) is 7.82. The lowest BCUT2D eigenvalue weighted by Gasteiger charge is -2.33. The number of rotatable bonds is 2. The van der Waals surface area contributed by atoms with Gasteiger partial charge < -0.3 is 9.47 Å². The molecule has 0 spiro atoms. The summed E-state index contributed by atoms with van der Waals surface area (Å²) in [5, 5.41) is 0. The smallest absolute Gasteiger partial charge is 0.225 e. The van der Waals surface area contributed by atoms with Crippen LogP contribution in [-0.2, 0) is 4.79 Å². The molecule has 2 aromatic rings. The molecule has 2 fully saturated rings. The lowest BCUT2D eigenvalue weighted by atomic mass is 10.0. The highest BCUT2D eigenvalue weighted by atomic mass is 16.2. The number of amides is 1. The Bertz CT molecular complexity index is 681. The molecule has 0 N–H and O–H groups in total. The van der Waals surface area contributed by atoms with E-state index in [0.717, 1.165) is 55.8 Å². The number of likely N-dealkylation sites (tertiary alicyclic amines) is 1. The molecule has 4 rings (SSSR count). The van der Waals surface area contributed by atoms with Crippen LogP contribution in [0.2, 0.25) is 0 Å². The van der Waals surface area contributed by atoms with Gasteiger partial charge in [0.1, 0.15) is 11.3 Å². The van der Waals surface area contributed by atoms with E-state index in [0.29, 0.717) is 17.9 Å². The second-order valence-corrected chi connectivity index (χ2v) is 6.21. The van der Waals surface area contributed by atoms with Gasteiger partial charge in [0.05, 0.1) is 0 Å². The van der Waals surface area contributed by atoms with Crippen molar-refractivity contribution in [2.24, 2.45) is 5.92 Å². The maximum atomic E-state index is 12.1. The molecule has 3 heterocycles. The van der Waals surface area contributed by atoms with Crippen molar-refractivity contribution in [3.63, 3.8) is 0 Å². The van der Waals surface area contributed by atoms with Crippen LogP contribution in [0.4, 0.5) is 0 Å². The van der Waals surface area contributed by atoms with Crippen LogP contribution in [0.1, 0.15) is 37.5 Å². The molecule has 1 amide bonds. The fourth-order valence-electron chi connectivity index (χ4n) is 3.41. The van der Waals surface area contributed by atoms with E-state index in [1.165, 1.54) is 0 Å². The summed E-state index contributed by atoms with van der Waals surface area (Å²) in [6.45, 7) is 3.78. The van der Waals surface area contributed by atoms with Gasteiger partial charge in [-0.05, 0) is 44.7 Å². The highest BCUT2D eigenvalue weighted by molar-refractivity contribution is 5.81. The highest BCUT2D eigenvalue weighted by Gasteiger charge is 2.35. The minimum Gasteiger partial charge on any atom is -0.342 e. The highest BCUT2D eigenvalue weighted by Crippen LogP contribution is 2.34. The normalized spacial score (nSPS) is 20.1. The molecule has 0 bridgehead atoms. The van der Waals surface area contributed by atoms with Gasteiger partial charge in [-0.1, -0.05) is 0 Å². The number of imidazole rings is 1. The minimum absolute atomic E-state index is 0.332. The number of nitrogens with zero attached hydrogens (tertiary/aromatic N) is 4. The molecule has 1 saturated carbocycles. The van der Waals surface area contributed by atoms with Gasteiger partial charge in [0.2, 0.25) is 5.91 Å². The van der Waals surface area contributed by atoms with Gasteiger partial charge in [-0.2, -0.15) is 0 Å². The Morgan fingerprint density at radius 1 is 1.24 bits per heavy atom. The number of hydrogen-bond acceptors (Lipinski definition) is 3. The van der Waals surface area contributed by atoms with Crippen LogP contribution < -0.4 is 0 Å². The van der Waals surface area contributed by atoms with Crippen molar-refractivity contribution in [3.8, 4) is 0 Å². The zero-order valence-corrected chi connectivity index (χ0v) is 12.3. The molecule has 1 aliphatic carbocycles. The first-order chi connectivity index (χ1) is 10.2. The average molecular weight is 284 g/mol. The molecular formula is C16H20N4O. The summed E-state index contributed by atoms with van der Waals surface area (Å²) in [6, 6.07) is 4.35. The maximum Gasteiger partial charge on any atom is 0.225 e.